The molecule has 0 heterocycles. The molecular formula is C15H22O3Si. The van der Waals surface area contributed by atoms with Crippen molar-refractivity contribution in [2.45, 2.75) is 51.5 Å². The van der Waals surface area contributed by atoms with Gasteiger partial charge in [-0.1, -0.05) is 63.6 Å². The van der Waals surface area contributed by atoms with Gasteiger partial charge in [-0.2, -0.15) is 0 Å². The van der Waals surface area contributed by atoms with Crippen LogP contribution in [0, 0.1) is 0 Å². The lowest BCUT2D eigenvalue weighted by atomic mass is 10.1. The average Bonchev–Trinajstić information content (AvgIpc) is 2.39. The van der Waals surface area contributed by atoms with Crippen molar-refractivity contribution >= 4 is 20.7 Å². The first-order chi connectivity index (χ1) is 9.16. The van der Waals surface area contributed by atoms with Crippen molar-refractivity contribution in [2.24, 2.45) is 0 Å². The molecule has 2 radical (unpaired) electrons. The fraction of sp³-hybridized carbons (Fsp3) is 0.533. The van der Waals surface area contributed by atoms with Crippen molar-refractivity contribution in [3.8, 4) is 5.75 Å². The molecule has 0 saturated heterocycles. The number of carboxylic acids is 1. The Balaban J connectivity index is 2.33. The molecule has 0 amide bonds. The number of benzene rings is 1. The maximum atomic E-state index is 10.9. The summed E-state index contributed by atoms with van der Waals surface area (Å²) < 4.78 is 0. The van der Waals surface area contributed by atoms with E-state index < -0.39 is 5.97 Å². The van der Waals surface area contributed by atoms with Crippen LogP contribution in [0.25, 0.3) is 0 Å². The van der Waals surface area contributed by atoms with E-state index in [1.54, 1.807) is 6.07 Å². The Morgan fingerprint density at radius 3 is 2.53 bits per heavy atom. The molecule has 0 atom stereocenters. The molecule has 0 aliphatic rings. The van der Waals surface area contributed by atoms with Gasteiger partial charge in [0.2, 0.25) is 0 Å². The van der Waals surface area contributed by atoms with Gasteiger partial charge in [0.05, 0.1) is 9.52 Å². The molecule has 19 heavy (non-hydrogen) atoms. The van der Waals surface area contributed by atoms with Crippen LogP contribution in [0.5, 0.6) is 5.75 Å². The number of unbranched alkanes of at least 4 members (excludes halogenated alkanes) is 5. The minimum atomic E-state index is -1.07. The highest BCUT2D eigenvalue weighted by Crippen LogP contribution is 2.14. The van der Waals surface area contributed by atoms with E-state index in [1.165, 1.54) is 38.2 Å². The average molecular weight is 278 g/mol. The Labute approximate surface area is 117 Å². The Bertz CT molecular complexity index is 404. The number of para-hydroxylation sites is 1. The molecule has 3 nitrogen and oxygen atoms in total. The lowest BCUT2D eigenvalue weighted by Crippen LogP contribution is -2.16. The molecule has 0 bridgehead atoms. The van der Waals surface area contributed by atoms with Crippen LogP contribution in [-0.4, -0.2) is 25.7 Å². The van der Waals surface area contributed by atoms with E-state index in [2.05, 4.69) is 6.92 Å². The number of hydrogen-bond donors (Lipinski definition) is 2. The molecule has 0 aliphatic heterocycles. The molecule has 0 fully saturated rings. The minimum absolute atomic E-state index is 0.00736. The number of rotatable bonds is 9. The highest BCUT2D eigenvalue weighted by Gasteiger charge is 2.12. The smallest absolute Gasteiger partial charge is 0.339 e. The number of carbonyl (C=O) groups is 1. The van der Waals surface area contributed by atoms with Crippen molar-refractivity contribution in [3.63, 3.8) is 0 Å². The summed E-state index contributed by atoms with van der Waals surface area (Å²) >= 11 is 0. The summed E-state index contributed by atoms with van der Waals surface area (Å²) in [7, 11) is 0.491. The molecule has 1 aromatic carbocycles. The van der Waals surface area contributed by atoms with Crippen LogP contribution in [0.1, 0.15) is 55.8 Å². The van der Waals surface area contributed by atoms with Crippen LogP contribution >= 0.6 is 0 Å². The van der Waals surface area contributed by atoms with E-state index in [9.17, 15) is 9.90 Å². The summed E-state index contributed by atoms with van der Waals surface area (Å²) in [6.45, 7) is 2.21. The Kier molecular flexibility index (Phi) is 7.26. The summed E-state index contributed by atoms with van der Waals surface area (Å²) in [5.74, 6) is -1.12. The monoisotopic (exact) mass is 278 g/mol. The molecule has 1 aromatic rings. The summed E-state index contributed by atoms with van der Waals surface area (Å²) in [4.78, 5) is 10.9. The van der Waals surface area contributed by atoms with Crippen molar-refractivity contribution in [1.29, 1.82) is 0 Å². The van der Waals surface area contributed by atoms with Gasteiger partial charge in [0.15, 0.2) is 0 Å². The third kappa shape index (κ3) is 5.47. The molecule has 0 aliphatic carbocycles. The predicted molar refractivity (Wildman–Crippen MR) is 78.6 cm³/mol. The van der Waals surface area contributed by atoms with Gasteiger partial charge >= 0.3 is 5.97 Å². The number of aromatic hydroxyl groups is 1. The van der Waals surface area contributed by atoms with Gasteiger partial charge in [0, 0.05) is 0 Å². The second kappa shape index (κ2) is 8.75. The zero-order valence-corrected chi connectivity index (χ0v) is 12.5. The topological polar surface area (TPSA) is 57.5 Å². The molecule has 0 spiro atoms. The van der Waals surface area contributed by atoms with Gasteiger partial charge in [-0.25, -0.2) is 4.79 Å². The zero-order chi connectivity index (χ0) is 14.1. The van der Waals surface area contributed by atoms with Crippen LogP contribution < -0.4 is 5.19 Å². The van der Waals surface area contributed by atoms with Gasteiger partial charge in [-0.3, -0.25) is 0 Å². The number of aromatic carboxylic acids is 1. The fourth-order valence-electron chi connectivity index (χ4n) is 1.99. The van der Waals surface area contributed by atoms with Crippen molar-refractivity contribution in [3.05, 3.63) is 23.8 Å². The van der Waals surface area contributed by atoms with E-state index >= 15 is 0 Å². The first-order valence-corrected chi connectivity index (χ1v) is 8.16. The molecule has 0 aromatic heterocycles. The highest BCUT2D eigenvalue weighted by molar-refractivity contribution is 6.54. The van der Waals surface area contributed by atoms with Gasteiger partial charge in [0.1, 0.15) is 11.3 Å². The molecule has 0 saturated carbocycles. The second-order valence-electron chi connectivity index (χ2n) is 4.70. The molecule has 4 heteroatoms. The quantitative estimate of drug-likeness (QED) is 0.539. The first kappa shape index (κ1) is 15.8. The number of hydrogen-bond acceptors (Lipinski definition) is 2. The summed E-state index contributed by atoms with van der Waals surface area (Å²) in [5.41, 5.74) is 0.00736. The van der Waals surface area contributed by atoms with Crippen molar-refractivity contribution < 1.29 is 15.0 Å². The van der Waals surface area contributed by atoms with Gasteiger partial charge in [-0.05, 0) is 11.3 Å². The van der Waals surface area contributed by atoms with Crippen molar-refractivity contribution in [2.75, 3.05) is 0 Å². The number of phenols is 1. The van der Waals surface area contributed by atoms with Gasteiger partial charge in [-0.15, -0.1) is 0 Å². The molecule has 1 rings (SSSR count). The van der Waals surface area contributed by atoms with Crippen LogP contribution in [-0.2, 0) is 0 Å². The van der Waals surface area contributed by atoms with Gasteiger partial charge in [0.25, 0.3) is 0 Å². The maximum Gasteiger partial charge on any atom is 0.339 e. The Morgan fingerprint density at radius 1 is 1.16 bits per heavy atom. The molecule has 0 unspecified atom stereocenters. The first-order valence-electron chi connectivity index (χ1n) is 6.96. The third-order valence-electron chi connectivity index (χ3n) is 3.11. The summed E-state index contributed by atoms with van der Waals surface area (Å²) in [6, 6.07) is 5.99. The third-order valence-corrected chi connectivity index (χ3v) is 4.50. The maximum absolute atomic E-state index is 10.9. The Morgan fingerprint density at radius 2 is 1.84 bits per heavy atom. The standard InChI is InChI=1S/C15H22O3Si/c1-2-3-4-5-6-7-11-19-13-10-8-9-12(14(13)16)15(17)18/h8-10,16H,2-7,11H2,1H3,(H,17,18). The molecular weight excluding hydrogens is 256 g/mol. The van der Waals surface area contributed by atoms with E-state index in [4.69, 9.17) is 5.11 Å². The van der Waals surface area contributed by atoms with Crippen LogP contribution in [0.15, 0.2) is 18.2 Å². The zero-order valence-electron chi connectivity index (χ0n) is 11.5. The second-order valence-corrected chi connectivity index (χ2v) is 6.09. The van der Waals surface area contributed by atoms with E-state index in [-0.39, 0.29) is 11.3 Å². The SMILES string of the molecule is CCCCCCCC[Si]c1cccc(C(=O)O)c1O. The summed E-state index contributed by atoms with van der Waals surface area (Å²) in [6.07, 6.45) is 7.53. The van der Waals surface area contributed by atoms with E-state index in [0.29, 0.717) is 9.52 Å². The van der Waals surface area contributed by atoms with E-state index in [1.807, 2.05) is 6.07 Å². The lowest BCUT2D eigenvalue weighted by molar-refractivity contribution is 0.0694. The van der Waals surface area contributed by atoms with Crippen LogP contribution in [0.2, 0.25) is 6.04 Å². The fourth-order valence-corrected chi connectivity index (χ4v) is 3.20. The summed E-state index contributed by atoms with van der Waals surface area (Å²) in [5, 5.41) is 19.6. The van der Waals surface area contributed by atoms with E-state index in [0.717, 1.165) is 17.7 Å². The Hall–Kier alpha value is -1.29. The molecule has 104 valence electrons. The minimum Gasteiger partial charge on any atom is -0.507 e. The predicted octanol–water partition coefficient (Wildman–Crippen LogP) is 3.20. The van der Waals surface area contributed by atoms with Crippen LogP contribution in [0.4, 0.5) is 0 Å². The van der Waals surface area contributed by atoms with Crippen molar-refractivity contribution in [1.82, 2.24) is 0 Å². The van der Waals surface area contributed by atoms with Gasteiger partial charge < -0.3 is 10.2 Å². The highest BCUT2D eigenvalue weighted by atomic mass is 28.2. The lowest BCUT2D eigenvalue weighted by Gasteiger charge is -2.06. The number of carboxylic acid groups (broad SMARTS) is 1. The largest absolute Gasteiger partial charge is 0.507 e. The normalized spacial score (nSPS) is 10.6. The van der Waals surface area contributed by atoms with Crippen LogP contribution in [0.3, 0.4) is 0 Å². The molecule has 2 N–H and O–H groups in total.